The molecule has 2 amide bonds. The van der Waals surface area contributed by atoms with Crippen molar-refractivity contribution in [2.45, 2.75) is 38.3 Å². The lowest BCUT2D eigenvalue weighted by atomic mass is 9.94. The van der Waals surface area contributed by atoms with Gasteiger partial charge in [0.1, 0.15) is 11.6 Å². The number of hydrogen-bond acceptors (Lipinski definition) is 4. The Morgan fingerprint density at radius 2 is 1.76 bits per heavy atom. The highest BCUT2D eigenvalue weighted by molar-refractivity contribution is 5.94. The molecule has 1 heterocycles. The first kappa shape index (κ1) is 23.2. The molecule has 0 spiro atoms. The van der Waals surface area contributed by atoms with Gasteiger partial charge in [-0.2, -0.15) is 0 Å². The Balaban J connectivity index is 1.38. The number of benzene rings is 2. The number of methoxy groups -OCH3 is 1. The Labute approximate surface area is 194 Å². The number of nitrogens with zero attached hydrogens (tertiary/aromatic N) is 2. The minimum Gasteiger partial charge on any atom is -0.497 e. The molecule has 2 fully saturated rings. The summed E-state index contributed by atoms with van der Waals surface area (Å²) in [5.41, 5.74) is 1.50. The highest BCUT2D eigenvalue weighted by Crippen LogP contribution is 2.31. The van der Waals surface area contributed by atoms with E-state index in [1.807, 2.05) is 17.0 Å². The lowest BCUT2D eigenvalue weighted by molar-refractivity contribution is -0.129. The maximum absolute atomic E-state index is 13.3. The second-order valence-corrected chi connectivity index (χ2v) is 8.89. The lowest BCUT2D eigenvalue weighted by Gasteiger charge is -2.40. The van der Waals surface area contributed by atoms with E-state index in [1.165, 1.54) is 12.1 Å². The number of piperazine rings is 1. The van der Waals surface area contributed by atoms with Crippen LogP contribution >= 0.6 is 0 Å². The third kappa shape index (κ3) is 5.71. The van der Waals surface area contributed by atoms with Crippen molar-refractivity contribution in [2.75, 3.05) is 33.3 Å². The predicted octanol–water partition coefficient (Wildman–Crippen LogP) is 3.47. The van der Waals surface area contributed by atoms with Crippen LogP contribution in [0.5, 0.6) is 5.75 Å². The van der Waals surface area contributed by atoms with E-state index in [0.29, 0.717) is 50.0 Å². The standard InChI is InChI=1S/C26H32FN3O3/c1-33-23-8-4-7-21(17-23)26(32)30-15-13-29(14-16-30)24(20-5-2-3-6-20)25(31)28-18-19-9-11-22(27)12-10-19/h4,7-12,17,20,24H,2-3,5-6,13-16,18H2,1H3,(H,28,31). The van der Waals surface area contributed by atoms with E-state index in [4.69, 9.17) is 4.74 Å². The number of rotatable bonds is 7. The number of ether oxygens (including phenoxy) is 1. The van der Waals surface area contributed by atoms with Crippen molar-refractivity contribution in [3.8, 4) is 5.75 Å². The van der Waals surface area contributed by atoms with Gasteiger partial charge in [-0.1, -0.05) is 31.0 Å². The second-order valence-electron chi connectivity index (χ2n) is 8.89. The summed E-state index contributed by atoms with van der Waals surface area (Å²) in [5, 5.41) is 3.07. The van der Waals surface area contributed by atoms with Crippen molar-refractivity contribution in [1.82, 2.24) is 15.1 Å². The maximum atomic E-state index is 13.3. The predicted molar refractivity (Wildman–Crippen MR) is 124 cm³/mol. The van der Waals surface area contributed by atoms with Gasteiger partial charge in [0.25, 0.3) is 5.91 Å². The number of halogens is 1. The number of hydrogen-bond donors (Lipinski definition) is 1. The zero-order chi connectivity index (χ0) is 23.2. The highest BCUT2D eigenvalue weighted by atomic mass is 19.1. The average Bonchev–Trinajstić information content (AvgIpc) is 3.38. The van der Waals surface area contributed by atoms with Gasteiger partial charge in [0, 0.05) is 38.3 Å². The third-order valence-electron chi connectivity index (χ3n) is 6.81. The molecule has 1 aliphatic heterocycles. The van der Waals surface area contributed by atoms with Crippen LogP contribution in [0.15, 0.2) is 48.5 Å². The van der Waals surface area contributed by atoms with E-state index >= 15 is 0 Å². The molecule has 6 nitrogen and oxygen atoms in total. The summed E-state index contributed by atoms with van der Waals surface area (Å²) in [6.07, 6.45) is 4.41. The molecule has 1 saturated heterocycles. The van der Waals surface area contributed by atoms with Crippen LogP contribution in [0.1, 0.15) is 41.6 Å². The molecule has 0 aromatic heterocycles. The van der Waals surface area contributed by atoms with Gasteiger partial charge in [-0.25, -0.2) is 4.39 Å². The zero-order valence-corrected chi connectivity index (χ0v) is 19.1. The molecule has 2 aromatic rings. The Morgan fingerprint density at radius 3 is 2.42 bits per heavy atom. The number of amides is 2. The third-order valence-corrected chi connectivity index (χ3v) is 6.81. The quantitative estimate of drug-likeness (QED) is 0.698. The molecule has 4 rings (SSSR count). The van der Waals surface area contributed by atoms with Gasteiger partial charge in [-0.15, -0.1) is 0 Å². The van der Waals surface area contributed by atoms with Gasteiger partial charge in [-0.3, -0.25) is 14.5 Å². The van der Waals surface area contributed by atoms with Crippen molar-refractivity contribution < 1.29 is 18.7 Å². The van der Waals surface area contributed by atoms with Crippen molar-refractivity contribution in [3.05, 3.63) is 65.5 Å². The van der Waals surface area contributed by atoms with Crippen molar-refractivity contribution in [1.29, 1.82) is 0 Å². The minimum absolute atomic E-state index is 0.00766. The summed E-state index contributed by atoms with van der Waals surface area (Å²) < 4.78 is 18.4. The normalized spacial score (nSPS) is 18.2. The lowest BCUT2D eigenvalue weighted by Crippen LogP contribution is -2.57. The van der Waals surface area contributed by atoms with Gasteiger partial charge in [-0.05, 0) is 54.7 Å². The fraction of sp³-hybridized carbons (Fsp3) is 0.462. The Kier molecular flexibility index (Phi) is 7.60. The maximum Gasteiger partial charge on any atom is 0.254 e. The molecule has 1 N–H and O–H groups in total. The molecule has 2 aliphatic rings. The first-order valence-corrected chi connectivity index (χ1v) is 11.7. The summed E-state index contributed by atoms with van der Waals surface area (Å²) in [7, 11) is 1.59. The molecule has 1 atom stereocenters. The van der Waals surface area contributed by atoms with Crippen LogP contribution < -0.4 is 10.1 Å². The van der Waals surface area contributed by atoms with E-state index in [2.05, 4.69) is 10.2 Å². The summed E-state index contributed by atoms with van der Waals surface area (Å²) >= 11 is 0. The van der Waals surface area contributed by atoms with Crippen LogP contribution in [0.4, 0.5) is 4.39 Å². The summed E-state index contributed by atoms with van der Waals surface area (Å²) in [4.78, 5) is 30.3. The van der Waals surface area contributed by atoms with E-state index in [9.17, 15) is 14.0 Å². The number of carbonyl (C=O) groups excluding carboxylic acids is 2. The summed E-state index contributed by atoms with van der Waals surface area (Å²) in [6, 6.07) is 13.2. The van der Waals surface area contributed by atoms with Crippen LogP contribution in [-0.4, -0.2) is 60.9 Å². The van der Waals surface area contributed by atoms with Crippen molar-refractivity contribution in [2.24, 2.45) is 5.92 Å². The first-order valence-electron chi connectivity index (χ1n) is 11.7. The smallest absolute Gasteiger partial charge is 0.254 e. The van der Waals surface area contributed by atoms with E-state index in [0.717, 1.165) is 31.2 Å². The monoisotopic (exact) mass is 453 g/mol. The van der Waals surface area contributed by atoms with Gasteiger partial charge < -0.3 is 15.0 Å². The molecular weight excluding hydrogens is 421 g/mol. The van der Waals surface area contributed by atoms with Gasteiger partial charge >= 0.3 is 0 Å². The fourth-order valence-electron chi connectivity index (χ4n) is 4.99. The van der Waals surface area contributed by atoms with E-state index in [-0.39, 0.29) is 23.7 Å². The highest BCUT2D eigenvalue weighted by Gasteiger charge is 2.37. The second kappa shape index (κ2) is 10.8. The first-order chi connectivity index (χ1) is 16.0. The van der Waals surface area contributed by atoms with Crippen LogP contribution in [0, 0.1) is 11.7 Å². The van der Waals surface area contributed by atoms with Crippen molar-refractivity contribution in [3.63, 3.8) is 0 Å². The van der Waals surface area contributed by atoms with Gasteiger partial charge in [0.15, 0.2) is 0 Å². The molecule has 33 heavy (non-hydrogen) atoms. The molecule has 0 bridgehead atoms. The van der Waals surface area contributed by atoms with Crippen LogP contribution in [0.3, 0.4) is 0 Å². The molecule has 176 valence electrons. The molecule has 0 radical (unpaired) electrons. The fourth-order valence-corrected chi connectivity index (χ4v) is 4.99. The Bertz CT molecular complexity index is 952. The van der Waals surface area contributed by atoms with Crippen molar-refractivity contribution >= 4 is 11.8 Å². The molecule has 1 aliphatic carbocycles. The molecule has 1 saturated carbocycles. The number of carbonyl (C=O) groups is 2. The van der Waals surface area contributed by atoms with Crippen LogP contribution in [-0.2, 0) is 11.3 Å². The van der Waals surface area contributed by atoms with Gasteiger partial charge in [0.2, 0.25) is 5.91 Å². The largest absolute Gasteiger partial charge is 0.497 e. The summed E-state index contributed by atoms with van der Waals surface area (Å²) in [6.45, 7) is 2.90. The van der Waals surface area contributed by atoms with Crippen LogP contribution in [0.25, 0.3) is 0 Å². The minimum atomic E-state index is -0.282. The van der Waals surface area contributed by atoms with E-state index in [1.54, 1.807) is 31.4 Å². The average molecular weight is 454 g/mol. The Morgan fingerprint density at radius 1 is 1.06 bits per heavy atom. The molecule has 1 unspecified atom stereocenters. The SMILES string of the molecule is COc1cccc(C(=O)N2CCN(C(C(=O)NCc3ccc(F)cc3)C3CCCC3)CC2)c1. The number of nitrogens with one attached hydrogen (secondary N) is 1. The topological polar surface area (TPSA) is 61.9 Å². The molecular formula is C26H32FN3O3. The zero-order valence-electron chi connectivity index (χ0n) is 19.1. The van der Waals surface area contributed by atoms with Crippen LogP contribution in [0.2, 0.25) is 0 Å². The van der Waals surface area contributed by atoms with E-state index < -0.39 is 0 Å². The summed E-state index contributed by atoms with van der Waals surface area (Å²) in [5.74, 6) is 0.735. The Hall–Kier alpha value is -2.93. The molecule has 7 heteroatoms. The molecule has 2 aromatic carbocycles. The van der Waals surface area contributed by atoms with Gasteiger partial charge in [0.05, 0.1) is 13.2 Å².